The third kappa shape index (κ3) is 2.30. The molecule has 0 amide bonds. The van der Waals surface area contributed by atoms with E-state index in [-0.39, 0.29) is 17.4 Å². The van der Waals surface area contributed by atoms with E-state index in [1.165, 1.54) is 6.92 Å². The van der Waals surface area contributed by atoms with Crippen molar-refractivity contribution in [2.24, 2.45) is 17.3 Å². The van der Waals surface area contributed by atoms with Crippen molar-refractivity contribution >= 4 is 22.1 Å². The molecule has 0 spiro atoms. The number of carbonyl (C=O) groups excluding carboxylic acids is 2. The number of hydrogen-bond acceptors (Lipinski definition) is 7. The molecule has 3 fully saturated rings. The standard InChI is InChI=1S/C15H20O7S/c1-7(2)14(17)20-6-10(16)21-13-12-11-8(3)15(13,4)5-9(11)23(18,19)22-12/h8-9,11-13H,1,5-6H2,2-4H3. The maximum Gasteiger partial charge on any atom is 0.344 e. The molecule has 3 aliphatic rings. The molecule has 0 N–H and O–H groups in total. The van der Waals surface area contributed by atoms with Crippen LogP contribution in [0.15, 0.2) is 12.2 Å². The fourth-order valence-electron chi connectivity index (χ4n) is 4.23. The highest BCUT2D eigenvalue weighted by Gasteiger charge is 2.73. The zero-order valence-electron chi connectivity index (χ0n) is 13.3. The van der Waals surface area contributed by atoms with Crippen molar-refractivity contribution in [2.75, 3.05) is 6.61 Å². The zero-order valence-corrected chi connectivity index (χ0v) is 14.1. The fraction of sp³-hybridized carbons (Fsp3) is 0.733. The normalized spacial score (nSPS) is 42.5. The van der Waals surface area contributed by atoms with Gasteiger partial charge in [0.1, 0.15) is 12.2 Å². The van der Waals surface area contributed by atoms with Gasteiger partial charge in [0.2, 0.25) is 0 Å². The molecule has 0 aromatic carbocycles. The number of ether oxygens (including phenoxy) is 2. The summed E-state index contributed by atoms with van der Waals surface area (Å²) in [5.41, 5.74) is -0.260. The first-order chi connectivity index (χ1) is 10.6. The van der Waals surface area contributed by atoms with Crippen LogP contribution in [0.5, 0.6) is 0 Å². The fourth-order valence-corrected chi connectivity index (χ4v) is 6.25. The molecule has 6 atom stereocenters. The summed E-state index contributed by atoms with van der Waals surface area (Å²) in [6.45, 7) is 8.26. The van der Waals surface area contributed by atoms with E-state index in [4.69, 9.17) is 13.7 Å². The monoisotopic (exact) mass is 344 g/mol. The van der Waals surface area contributed by atoms with Crippen LogP contribution in [0.1, 0.15) is 27.2 Å². The van der Waals surface area contributed by atoms with Gasteiger partial charge in [-0.3, -0.25) is 4.18 Å². The van der Waals surface area contributed by atoms with E-state index < -0.39 is 51.5 Å². The highest BCUT2D eigenvalue weighted by Crippen LogP contribution is 2.65. The van der Waals surface area contributed by atoms with E-state index in [1.807, 2.05) is 13.8 Å². The van der Waals surface area contributed by atoms with Crippen molar-refractivity contribution in [3.8, 4) is 0 Å². The minimum Gasteiger partial charge on any atom is -0.456 e. The van der Waals surface area contributed by atoms with Crippen LogP contribution < -0.4 is 0 Å². The quantitative estimate of drug-likeness (QED) is 0.422. The van der Waals surface area contributed by atoms with Crippen molar-refractivity contribution in [1.29, 1.82) is 0 Å². The summed E-state index contributed by atoms with van der Waals surface area (Å²) in [4.78, 5) is 23.3. The summed E-state index contributed by atoms with van der Waals surface area (Å²) in [5, 5.41) is -0.510. The van der Waals surface area contributed by atoms with Crippen LogP contribution in [0, 0.1) is 17.3 Å². The van der Waals surface area contributed by atoms with E-state index in [9.17, 15) is 18.0 Å². The topological polar surface area (TPSA) is 96.0 Å². The van der Waals surface area contributed by atoms with E-state index in [0.29, 0.717) is 6.42 Å². The average molecular weight is 344 g/mol. The van der Waals surface area contributed by atoms with Crippen molar-refractivity contribution in [1.82, 2.24) is 0 Å². The van der Waals surface area contributed by atoms with Gasteiger partial charge in [-0.05, 0) is 19.3 Å². The number of rotatable bonds is 4. The lowest BCUT2D eigenvalue weighted by atomic mass is 9.79. The molecule has 1 aliphatic heterocycles. The molecular weight excluding hydrogens is 324 g/mol. The van der Waals surface area contributed by atoms with E-state index in [1.54, 1.807) is 0 Å². The number of fused-ring (bicyclic) bond motifs is 1. The van der Waals surface area contributed by atoms with Crippen LogP contribution in [0.4, 0.5) is 0 Å². The summed E-state index contributed by atoms with van der Waals surface area (Å²) in [5.74, 6) is -1.46. The maximum absolute atomic E-state index is 12.0. The Labute approximate surface area is 135 Å². The Morgan fingerprint density at radius 1 is 1.39 bits per heavy atom. The third-order valence-electron chi connectivity index (χ3n) is 5.56. The lowest BCUT2D eigenvalue weighted by molar-refractivity contribution is -0.169. The molecule has 1 heterocycles. The van der Waals surface area contributed by atoms with Gasteiger partial charge in [0.15, 0.2) is 6.61 Å². The Bertz CT molecular complexity index is 682. The molecule has 0 aromatic rings. The van der Waals surface area contributed by atoms with E-state index in [0.717, 1.165) is 0 Å². The van der Waals surface area contributed by atoms with Gasteiger partial charge in [-0.1, -0.05) is 20.4 Å². The first-order valence-corrected chi connectivity index (χ1v) is 8.99. The highest BCUT2D eigenvalue weighted by molar-refractivity contribution is 7.87. The summed E-state index contributed by atoms with van der Waals surface area (Å²) in [6.07, 6.45) is -0.868. The first-order valence-electron chi connectivity index (χ1n) is 7.52. The second-order valence-electron chi connectivity index (χ2n) is 6.93. The van der Waals surface area contributed by atoms with Crippen LogP contribution in [-0.4, -0.2) is 44.4 Å². The van der Waals surface area contributed by atoms with Crippen LogP contribution in [0.3, 0.4) is 0 Å². The summed E-state index contributed by atoms with van der Waals surface area (Å²) < 4.78 is 39.5. The Morgan fingerprint density at radius 3 is 2.65 bits per heavy atom. The molecule has 0 aromatic heterocycles. The van der Waals surface area contributed by atoms with Gasteiger partial charge in [-0.2, -0.15) is 8.42 Å². The molecule has 2 bridgehead atoms. The molecule has 23 heavy (non-hydrogen) atoms. The lowest BCUT2D eigenvalue weighted by Gasteiger charge is -2.33. The molecule has 1 saturated heterocycles. The zero-order chi connectivity index (χ0) is 17.2. The SMILES string of the molecule is C=C(C)C(=O)OCC(=O)OC1C2OS(=O)(=O)C3CC1(C)C(C)C23. The van der Waals surface area contributed by atoms with Gasteiger partial charge in [0.05, 0.1) is 5.25 Å². The molecular formula is C15H20O7S. The van der Waals surface area contributed by atoms with Crippen LogP contribution in [-0.2, 0) is 33.4 Å². The molecule has 2 aliphatic carbocycles. The molecule has 3 rings (SSSR count). The van der Waals surface area contributed by atoms with Crippen LogP contribution in [0.2, 0.25) is 0 Å². The number of carbonyl (C=O) groups is 2. The van der Waals surface area contributed by atoms with Gasteiger partial charge in [0.25, 0.3) is 10.1 Å². The summed E-state index contributed by atoms with van der Waals surface area (Å²) in [7, 11) is -3.60. The highest BCUT2D eigenvalue weighted by atomic mass is 32.2. The van der Waals surface area contributed by atoms with Crippen LogP contribution in [0.25, 0.3) is 0 Å². The van der Waals surface area contributed by atoms with E-state index >= 15 is 0 Å². The third-order valence-corrected chi connectivity index (χ3v) is 7.27. The van der Waals surface area contributed by atoms with Gasteiger partial charge in [-0.15, -0.1) is 0 Å². The summed E-state index contributed by atoms with van der Waals surface area (Å²) >= 11 is 0. The van der Waals surface area contributed by atoms with Crippen molar-refractivity contribution < 1.29 is 31.7 Å². The second-order valence-corrected chi connectivity index (χ2v) is 8.72. The average Bonchev–Trinajstić information content (AvgIpc) is 2.91. The molecule has 2 saturated carbocycles. The minimum absolute atomic E-state index is 0.0746. The Balaban J connectivity index is 1.71. The Hall–Kier alpha value is -1.41. The maximum atomic E-state index is 12.0. The number of hydrogen-bond donors (Lipinski definition) is 0. The van der Waals surface area contributed by atoms with E-state index in [2.05, 4.69) is 6.58 Å². The van der Waals surface area contributed by atoms with Crippen molar-refractivity contribution in [3.05, 3.63) is 12.2 Å². The van der Waals surface area contributed by atoms with Crippen molar-refractivity contribution in [2.45, 2.75) is 44.6 Å². The van der Waals surface area contributed by atoms with Crippen molar-refractivity contribution in [3.63, 3.8) is 0 Å². The van der Waals surface area contributed by atoms with Crippen LogP contribution >= 0.6 is 0 Å². The predicted molar refractivity (Wildman–Crippen MR) is 78.6 cm³/mol. The minimum atomic E-state index is -3.60. The lowest BCUT2D eigenvalue weighted by Crippen LogP contribution is -2.43. The van der Waals surface area contributed by atoms with Gasteiger partial charge < -0.3 is 9.47 Å². The van der Waals surface area contributed by atoms with Gasteiger partial charge >= 0.3 is 11.9 Å². The molecule has 128 valence electrons. The smallest absolute Gasteiger partial charge is 0.344 e. The predicted octanol–water partition coefficient (Wildman–Crippen LogP) is 0.791. The molecule has 8 heteroatoms. The molecule has 7 nitrogen and oxygen atoms in total. The van der Waals surface area contributed by atoms with Gasteiger partial charge in [-0.25, -0.2) is 9.59 Å². The summed E-state index contributed by atoms with van der Waals surface area (Å²) in [6, 6.07) is 0. The molecule has 0 radical (unpaired) electrons. The number of esters is 2. The Kier molecular flexibility index (Phi) is 3.61. The Morgan fingerprint density at radius 2 is 2.04 bits per heavy atom. The first kappa shape index (κ1) is 16.4. The molecule has 6 unspecified atom stereocenters. The second kappa shape index (κ2) is 5.04. The van der Waals surface area contributed by atoms with Gasteiger partial charge in [0, 0.05) is 16.9 Å². The largest absolute Gasteiger partial charge is 0.456 e.